The van der Waals surface area contributed by atoms with Crippen molar-refractivity contribution < 1.29 is 4.74 Å². The summed E-state index contributed by atoms with van der Waals surface area (Å²) < 4.78 is 5.51. The molecule has 2 fully saturated rings. The molecule has 1 aromatic rings. The van der Waals surface area contributed by atoms with Gasteiger partial charge in [-0.05, 0) is 74.2 Å². The van der Waals surface area contributed by atoms with Gasteiger partial charge in [0.15, 0.2) is 0 Å². The van der Waals surface area contributed by atoms with E-state index in [0.717, 1.165) is 18.1 Å². The van der Waals surface area contributed by atoms with Crippen molar-refractivity contribution in [2.24, 2.45) is 5.92 Å². The van der Waals surface area contributed by atoms with Crippen LogP contribution in [0.2, 0.25) is 0 Å². The van der Waals surface area contributed by atoms with Crippen LogP contribution in [0.1, 0.15) is 43.2 Å². The lowest BCUT2D eigenvalue weighted by Gasteiger charge is -2.43. The number of methoxy groups -OCH3 is 1. The second kappa shape index (κ2) is 5.42. The zero-order chi connectivity index (χ0) is 15.2. The average Bonchev–Trinajstić information content (AvgIpc) is 3.29. The molecule has 2 atom stereocenters. The fourth-order valence-electron chi connectivity index (χ4n) is 4.90. The van der Waals surface area contributed by atoms with Gasteiger partial charge in [-0.1, -0.05) is 12.1 Å². The van der Waals surface area contributed by atoms with Gasteiger partial charge in [0.2, 0.25) is 0 Å². The monoisotopic (exact) mass is 297 g/mol. The molecule has 0 spiro atoms. The molecule has 22 heavy (non-hydrogen) atoms. The van der Waals surface area contributed by atoms with Gasteiger partial charge in [0.25, 0.3) is 0 Å². The number of aryl methyl sites for hydroxylation is 1. The van der Waals surface area contributed by atoms with Gasteiger partial charge < -0.3 is 4.74 Å². The number of benzene rings is 1. The molecule has 2 nitrogen and oxygen atoms in total. The van der Waals surface area contributed by atoms with Crippen LogP contribution in [-0.2, 0) is 11.8 Å². The molecule has 0 N–H and O–H groups in total. The van der Waals surface area contributed by atoms with E-state index in [4.69, 9.17) is 4.74 Å². The van der Waals surface area contributed by atoms with E-state index < -0.39 is 0 Å². The smallest absolute Gasteiger partial charge is 0.119 e. The summed E-state index contributed by atoms with van der Waals surface area (Å²) in [7, 11) is 1.77. The Bertz CT molecular complexity index is 577. The van der Waals surface area contributed by atoms with Gasteiger partial charge in [-0.25, -0.2) is 0 Å². The minimum atomic E-state index is 0.277. The molecule has 2 aliphatic carbocycles. The van der Waals surface area contributed by atoms with E-state index in [1.54, 1.807) is 12.7 Å². The van der Waals surface area contributed by atoms with Crippen molar-refractivity contribution in [2.75, 3.05) is 20.2 Å². The van der Waals surface area contributed by atoms with Crippen molar-refractivity contribution in [1.82, 2.24) is 4.90 Å². The molecule has 1 saturated carbocycles. The van der Waals surface area contributed by atoms with Crippen molar-refractivity contribution in [3.8, 4) is 5.75 Å². The first kappa shape index (κ1) is 14.3. The molecule has 0 amide bonds. The zero-order valence-corrected chi connectivity index (χ0v) is 13.7. The highest BCUT2D eigenvalue weighted by Crippen LogP contribution is 2.51. The third-order valence-electron chi connectivity index (χ3n) is 6.16. The molecule has 1 heterocycles. The molecule has 0 radical (unpaired) electrons. The summed E-state index contributed by atoms with van der Waals surface area (Å²) in [6, 6.07) is 7.42. The largest absolute Gasteiger partial charge is 0.497 e. The van der Waals surface area contributed by atoms with Crippen LogP contribution in [0.3, 0.4) is 0 Å². The highest BCUT2D eigenvalue weighted by molar-refractivity contribution is 5.45. The number of hydrogen-bond acceptors (Lipinski definition) is 2. The molecule has 2 unspecified atom stereocenters. The summed E-state index contributed by atoms with van der Waals surface area (Å²) in [6.07, 6.45) is 9.92. The third-order valence-corrected chi connectivity index (χ3v) is 6.16. The predicted octanol–water partition coefficient (Wildman–Crippen LogP) is 3.94. The van der Waals surface area contributed by atoms with Crippen molar-refractivity contribution in [2.45, 2.75) is 50.0 Å². The first-order valence-electron chi connectivity index (χ1n) is 8.79. The van der Waals surface area contributed by atoms with Gasteiger partial charge in [-0.2, -0.15) is 0 Å². The number of nitrogens with zero attached hydrogens (tertiary/aromatic N) is 1. The zero-order valence-electron chi connectivity index (χ0n) is 13.7. The maximum absolute atomic E-state index is 5.51. The number of likely N-dealkylation sites (tertiary alicyclic amines) is 1. The Hall–Kier alpha value is -1.28. The highest BCUT2D eigenvalue weighted by atomic mass is 16.5. The number of rotatable bonds is 5. The summed E-state index contributed by atoms with van der Waals surface area (Å²) in [5.74, 6) is 1.98. The molecule has 1 saturated heterocycles. The minimum Gasteiger partial charge on any atom is -0.497 e. The summed E-state index contributed by atoms with van der Waals surface area (Å²) in [5.41, 5.74) is 3.35. The lowest BCUT2D eigenvalue weighted by Crippen LogP contribution is -2.46. The van der Waals surface area contributed by atoms with Crippen LogP contribution in [0.25, 0.3) is 0 Å². The van der Waals surface area contributed by atoms with E-state index in [2.05, 4.69) is 35.8 Å². The Morgan fingerprint density at radius 3 is 2.95 bits per heavy atom. The Balaban J connectivity index is 1.73. The quantitative estimate of drug-likeness (QED) is 0.763. The Morgan fingerprint density at radius 1 is 1.36 bits per heavy atom. The predicted molar refractivity (Wildman–Crippen MR) is 90.5 cm³/mol. The van der Waals surface area contributed by atoms with E-state index in [9.17, 15) is 0 Å². The molecule has 1 aliphatic heterocycles. The normalized spacial score (nSPS) is 30.7. The summed E-state index contributed by atoms with van der Waals surface area (Å²) in [6.45, 7) is 6.65. The number of fused-ring (bicyclic) bond motifs is 3. The first-order valence-corrected chi connectivity index (χ1v) is 8.79. The molecule has 0 aromatic heterocycles. The van der Waals surface area contributed by atoms with Gasteiger partial charge in [-0.3, -0.25) is 4.90 Å². The van der Waals surface area contributed by atoms with E-state index >= 15 is 0 Å². The molecule has 0 bridgehead atoms. The Morgan fingerprint density at radius 2 is 2.23 bits per heavy atom. The number of ether oxygens (including phenoxy) is 1. The van der Waals surface area contributed by atoms with Crippen LogP contribution < -0.4 is 4.74 Å². The van der Waals surface area contributed by atoms with Gasteiger partial charge >= 0.3 is 0 Å². The van der Waals surface area contributed by atoms with Gasteiger partial charge in [0.05, 0.1) is 7.11 Å². The van der Waals surface area contributed by atoms with Gasteiger partial charge in [0, 0.05) is 18.0 Å². The summed E-state index contributed by atoms with van der Waals surface area (Å²) in [5, 5.41) is 0. The van der Waals surface area contributed by atoms with E-state index in [1.165, 1.54) is 50.8 Å². The van der Waals surface area contributed by atoms with Crippen molar-refractivity contribution >= 4 is 0 Å². The maximum Gasteiger partial charge on any atom is 0.119 e. The lowest BCUT2D eigenvalue weighted by atomic mass is 9.65. The summed E-state index contributed by atoms with van der Waals surface area (Å²) >= 11 is 0. The van der Waals surface area contributed by atoms with Crippen LogP contribution in [0, 0.1) is 5.92 Å². The van der Waals surface area contributed by atoms with Crippen molar-refractivity contribution in [1.29, 1.82) is 0 Å². The Labute approximate surface area is 134 Å². The minimum absolute atomic E-state index is 0.277. The molecule has 3 aliphatic rings. The molecule has 4 rings (SSSR count). The van der Waals surface area contributed by atoms with Crippen LogP contribution >= 0.6 is 0 Å². The third kappa shape index (κ3) is 2.20. The second-order valence-electron chi connectivity index (χ2n) is 7.41. The van der Waals surface area contributed by atoms with Crippen molar-refractivity contribution in [3.05, 3.63) is 42.0 Å². The van der Waals surface area contributed by atoms with Crippen LogP contribution in [0.5, 0.6) is 5.75 Å². The van der Waals surface area contributed by atoms with E-state index in [-0.39, 0.29) is 5.41 Å². The summed E-state index contributed by atoms with van der Waals surface area (Å²) in [4.78, 5) is 2.80. The number of hydrogen-bond donors (Lipinski definition) is 0. The molecular formula is C20H27NO. The SMILES string of the molecule is C=CCC12CCN(CC3CC3)C1CCc1ccc(OC)cc12. The second-order valence-corrected chi connectivity index (χ2v) is 7.41. The van der Waals surface area contributed by atoms with Crippen LogP contribution in [0.4, 0.5) is 0 Å². The van der Waals surface area contributed by atoms with Crippen molar-refractivity contribution in [3.63, 3.8) is 0 Å². The lowest BCUT2D eigenvalue weighted by molar-refractivity contribution is 0.178. The molecule has 1 aromatic carbocycles. The average molecular weight is 297 g/mol. The van der Waals surface area contributed by atoms with Gasteiger partial charge in [-0.15, -0.1) is 6.58 Å². The first-order chi connectivity index (χ1) is 10.8. The topological polar surface area (TPSA) is 12.5 Å². The Kier molecular flexibility index (Phi) is 3.53. The van der Waals surface area contributed by atoms with Gasteiger partial charge in [0.1, 0.15) is 5.75 Å². The standard InChI is InChI=1S/C20H27NO/c1-3-10-20-11-12-21(14-15-4-5-15)19(20)9-7-16-6-8-17(22-2)13-18(16)20/h3,6,8,13,15,19H,1,4-5,7,9-12,14H2,2H3. The van der Waals surface area contributed by atoms with E-state index in [1.807, 2.05) is 0 Å². The van der Waals surface area contributed by atoms with E-state index in [0.29, 0.717) is 6.04 Å². The fourth-order valence-corrected chi connectivity index (χ4v) is 4.90. The maximum atomic E-state index is 5.51. The molecule has 2 heteroatoms. The van der Waals surface area contributed by atoms with Crippen LogP contribution in [0.15, 0.2) is 30.9 Å². The van der Waals surface area contributed by atoms with Crippen LogP contribution in [-0.4, -0.2) is 31.1 Å². The number of allylic oxidation sites excluding steroid dienone is 1. The molecule has 118 valence electrons. The highest BCUT2D eigenvalue weighted by Gasteiger charge is 2.50. The molecular weight excluding hydrogens is 270 g/mol. The fraction of sp³-hybridized carbons (Fsp3) is 0.600.